The van der Waals surface area contributed by atoms with Crippen LogP contribution in [0.3, 0.4) is 0 Å². The van der Waals surface area contributed by atoms with Crippen LogP contribution < -0.4 is 11.1 Å². The number of hydrogen-bond acceptors (Lipinski definition) is 4. The molecule has 6 heteroatoms. The van der Waals surface area contributed by atoms with Crippen molar-refractivity contribution >= 4 is 11.9 Å². The maximum absolute atomic E-state index is 11.6. The quantitative estimate of drug-likeness (QED) is 0.509. The fourth-order valence-corrected chi connectivity index (χ4v) is 1.44. The van der Waals surface area contributed by atoms with Gasteiger partial charge in [-0.25, -0.2) is 4.79 Å². The smallest absolute Gasteiger partial charge is 0.327 e. The molecule has 0 aromatic heterocycles. The Morgan fingerprint density at radius 2 is 2.31 bits per heavy atom. The van der Waals surface area contributed by atoms with Crippen molar-refractivity contribution in [1.29, 1.82) is 0 Å². The second kappa shape index (κ2) is 5.49. The van der Waals surface area contributed by atoms with Crippen LogP contribution in [0.15, 0.2) is 0 Å². The summed E-state index contributed by atoms with van der Waals surface area (Å²) in [6.45, 7) is 0.528. The van der Waals surface area contributed by atoms with Gasteiger partial charge in [0, 0.05) is 12.5 Å². The van der Waals surface area contributed by atoms with E-state index in [2.05, 4.69) is 11.2 Å². The Hall–Kier alpha value is -1.58. The van der Waals surface area contributed by atoms with E-state index < -0.39 is 23.8 Å². The van der Waals surface area contributed by atoms with Crippen LogP contribution in [0.2, 0.25) is 0 Å². The summed E-state index contributed by atoms with van der Waals surface area (Å²) in [5.41, 5.74) is 5.63. The van der Waals surface area contributed by atoms with Crippen molar-refractivity contribution in [2.24, 2.45) is 11.7 Å². The fraction of sp³-hybridized carbons (Fsp3) is 0.600. The van der Waals surface area contributed by atoms with Gasteiger partial charge in [-0.2, -0.15) is 0 Å². The number of aliphatic carboxylic acids is 1. The first-order chi connectivity index (χ1) is 7.56. The van der Waals surface area contributed by atoms with E-state index in [0.717, 1.165) is 0 Å². The van der Waals surface area contributed by atoms with Gasteiger partial charge in [0.1, 0.15) is 6.04 Å². The third-order valence-corrected chi connectivity index (χ3v) is 2.40. The standard InChI is InChI=1S/C10H14N2O4/c1-2-3-8(10(14)15)12-9(13)6-4-16-5-7(6)11/h1,6-8H,3-5,11H2,(H,12,13)(H,14,15). The lowest BCUT2D eigenvalue weighted by molar-refractivity contribution is -0.142. The zero-order valence-corrected chi connectivity index (χ0v) is 8.68. The van der Waals surface area contributed by atoms with E-state index in [9.17, 15) is 9.59 Å². The number of nitrogens with one attached hydrogen (secondary N) is 1. The number of carbonyl (C=O) groups is 2. The van der Waals surface area contributed by atoms with Crippen LogP contribution in [0.5, 0.6) is 0 Å². The molecule has 1 heterocycles. The molecule has 0 bridgehead atoms. The van der Waals surface area contributed by atoms with Gasteiger partial charge in [0.25, 0.3) is 0 Å². The lowest BCUT2D eigenvalue weighted by Gasteiger charge is -2.17. The van der Waals surface area contributed by atoms with Crippen molar-refractivity contribution in [1.82, 2.24) is 5.32 Å². The molecule has 3 atom stereocenters. The van der Waals surface area contributed by atoms with Crippen LogP contribution >= 0.6 is 0 Å². The molecular weight excluding hydrogens is 212 g/mol. The lowest BCUT2D eigenvalue weighted by Crippen LogP contribution is -2.47. The molecule has 0 radical (unpaired) electrons. The Balaban J connectivity index is 2.55. The molecule has 4 N–H and O–H groups in total. The topological polar surface area (TPSA) is 102 Å². The van der Waals surface area contributed by atoms with Gasteiger partial charge in [-0.05, 0) is 0 Å². The molecule has 6 nitrogen and oxygen atoms in total. The molecule has 0 aliphatic carbocycles. The zero-order chi connectivity index (χ0) is 12.1. The highest BCUT2D eigenvalue weighted by Crippen LogP contribution is 2.12. The molecule has 1 amide bonds. The minimum Gasteiger partial charge on any atom is -0.480 e. The Kier molecular flexibility index (Phi) is 4.28. The predicted octanol–water partition coefficient (Wildman–Crippen LogP) is -1.45. The van der Waals surface area contributed by atoms with Gasteiger partial charge in [0.2, 0.25) is 5.91 Å². The van der Waals surface area contributed by atoms with Crippen molar-refractivity contribution in [3.8, 4) is 12.3 Å². The number of carboxylic acids is 1. The average Bonchev–Trinajstić information content (AvgIpc) is 2.63. The Bertz CT molecular complexity index is 323. The molecule has 1 aliphatic rings. The normalized spacial score (nSPS) is 25.8. The molecular formula is C10H14N2O4. The molecule has 0 saturated carbocycles. The molecule has 16 heavy (non-hydrogen) atoms. The molecule has 1 saturated heterocycles. The summed E-state index contributed by atoms with van der Waals surface area (Å²) < 4.78 is 5.02. The van der Waals surface area contributed by atoms with Gasteiger partial charge in [-0.3, -0.25) is 4.79 Å². The van der Waals surface area contributed by atoms with Gasteiger partial charge in [-0.1, -0.05) is 0 Å². The van der Waals surface area contributed by atoms with Crippen LogP contribution in [0, 0.1) is 18.3 Å². The van der Waals surface area contributed by atoms with Crippen molar-refractivity contribution in [3.05, 3.63) is 0 Å². The number of nitrogens with two attached hydrogens (primary N) is 1. The van der Waals surface area contributed by atoms with E-state index in [0.29, 0.717) is 6.61 Å². The summed E-state index contributed by atoms with van der Waals surface area (Å²) >= 11 is 0. The second-order valence-electron chi connectivity index (χ2n) is 3.62. The van der Waals surface area contributed by atoms with Crippen LogP contribution in [0.1, 0.15) is 6.42 Å². The van der Waals surface area contributed by atoms with E-state index in [1.54, 1.807) is 0 Å². The monoisotopic (exact) mass is 226 g/mol. The van der Waals surface area contributed by atoms with Crippen LogP contribution in [-0.2, 0) is 14.3 Å². The minimum absolute atomic E-state index is 0.0517. The highest BCUT2D eigenvalue weighted by atomic mass is 16.5. The molecule has 1 rings (SSSR count). The molecule has 0 aromatic rings. The van der Waals surface area contributed by atoms with Gasteiger partial charge in [0.15, 0.2) is 0 Å². The number of amides is 1. The fourth-order valence-electron chi connectivity index (χ4n) is 1.44. The predicted molar refractivity (Wildman–Crippen MR) is 55.3 cm³/mol. The number of carboxylic acid groups (broad SMARTS) is 1. The molecule has 0 aromatic carbocycles. The maximum atomic E-state index is 11.6. The van der Waals surface area contributed by atoms with E-state index in [-0.39, 0.29) is 19.1 Å². The highest BCUT2D eigenvalue weighted by molar-refractivity contribution is 5.85. The van der Waals surface area contributed by atoms with Gasteiger partial charge in [-0.15, -0.1) is 12.3 Å². The zero-order valence-electron chi connectivity index (χ0n) is 8.68. The summed E-state index contributed by atoms with van der Waals surface area (Å²) in [5, 5.41) is 11.1. The van der Waals surface area contributed by atoms with Gasteiger partial charge in [0.05, 0.1) is 19.1 Å². The minimum atomic E-state index is -1.15. The summed E-state index contributed by atoms with van der Waals surface area (Å²) in [5.74, 6) is 0.121. The molecule has 1 fully saturated rings. The number of hydrogen-bond donors (Lipinski definition) is 3. The number of terminal acetylenes is 1. The van der Waals surface area contributed by atoms with Crippen molar-refractivity contribution < 1.29 is 19.4 Å². The van der Waals surface area contributed by atoms with Gasteiger partial charge >= 0.3 is 5.97 Å². The van der Waals surface area contributed by atoms with E-state index in [1.165, 1.54) is 0 Å². The SMILES string of the molecule is C#CCC(NC(=O)C1COCC1N)C(=O)O. The van der Waals surface area contributed by atoms with E-state index in [4.69, 9.17) is 22.0 Å². The highest BCUT2D eigenvalue weighted by Gasteiger charge is 2.33. The second-order valence-corrected chi connectivity index (χ2v) is 3.62. The van der Waals surface area contributed by atoms with E-state index in [1.807, 2.05) is 0 Å². The first-order valence-electron chi connectivity index (χ1n) is 4.86. The molecule has 3 unspecified atom stereocenters. The summed E-state index contributed by atoms with van der Waals surface area (Å²) in [7, 11) is 0. The third-order valence-electron chi connectivity index (χ3n) is 2.40. The molecule has 88 valence electrons. The van der Waals surface area contributed by atoms with Crippen LogP contribution in [0.4, 0.5) is 0 Å². The maximum Gasteiger partial charge on any atom is 0.327 e. The lowest BCUT2D eigenvalue weighted by atomic mass is 10.0. The summed E-state index contributed by atoms with van der Waals surface area (Å²) in [6, 6.07) is -1.45. The van der Waals surface area contributed by atoms with Crippen LogP contribution in [-0.4, -0.2) is 42.3 Å². The number of ether oxygens (including phenoxy) is 1. The van der Waals surface area contributed by atoms with Crippen molar-refractivity contribution in [3.63, 3.8) is 0 Å². The Labute approximate surface area is 93.1 Å². The summed E-state index contributed by atoms with van der Waals surface area (Å²) in [6.07, 6.45) is 4.96. The molecule has 0 spiro atoms. The Morgan fingerprint density at radius 1 is 1.62 bits per heavy atom. The third kappa shape index (κ3) is 2.95. The van der Waals surface area contributed by atoms with Crippen molar-refractivity contribution in [2.75, 3.05) is 13.2 Å². The van der Waals surface area contributed by atoms with E-state index >= 15 is 0 Å². The summed E-state index contributed by atoms with van der Waals surface area (Å²) in [4.78, 5) is 22.4. The number of rotatable bonds is 4. The van der Waals surface area contributed by atoms with Crippen LogP contribution in [0.25, 0.3) is 0 Å². The Morgan fingerprint density at radius 3 is 2.75 bits per heavy atom. The first-order valence-corrected chi connectivity index (χ1v) is 4.86. The largest absolute Gasteiger partial charge is 0.480 e. The van der Waals surface area contributed by atoms with Crippen molar-refractivity contribution in [2.45, 2.75) is 18.5 Å². The average molecular weight is 226 g/mol. The number of carbonyl (C=O) groups excluding carboxylic acids is 1. The van der Waals surface area contributed by atoms with Gasteiger partial charge < -0.3 is 20.9 Å². The first kappa shape index (κ1) is 12.5. The molecule has 1 aliphatic heterocycles.